The van der Waals surface area contributed by atoms with Gasteiger partial charge in [0.2, 0.25) is 0 Å². The van der Waals surface area contributed by atoms with E-state index >= 15 is 0 Å². The summed E-state index contributed by atoms with van der Waals surface area (Å²) in [5.74, 6) is 0. The van der Waals surface area contributed by atoms with Crippen LogP contribution in [0.5, 0.6) is 0 Å². The molecule has 1 aromatic heterocycles. The number of hydrogen-bond donors (Lipinski definition) is 1. The minimum Gasteiger partial charge on any atom is -0.347 e. The average molecular weight is 353 g/mol. The fourth-order valence-corrected chi connectivity index (χ4v) is 4.60. The van der Waals surface area contributed by atoms with Crippen LogP contribution in [0, 0.1) is 0 Å². The minimum atomic E-state index is 0.486. The Morgan fingerprint density at radius 1 is 1.20 bits per heavy atom. The third-order valence-electron chi connectivity index (χ3n) is 4.82. The molecule has 1 N–H and O–H groups in total. The zero-order valence-corrected chi connectivity index (χ0v) is 15.2. The van der Waals surface area contributed by atoms with Crippen LogP contribution in [0.15, 0.2) is 66.0 Å². The number of rotatable bonds is 5. The monoisotopic (exact) mass is 352 g/mol. The second-order valence-corrected chi connectivity index (χ2v) is 7.72. The van der Waals surface area contributed by atoms with E-state index in [9.17, 15) is 0 Å². The minimum absolute atomic E-state index is 0.486. The number of benzene rings is 1. The van der Waals surface area contributed by atoms with Gasteiger partial charge in [-0.15, -0.1) is 0 Å². The van der Waals surface area contributed by atoms with Crippen LogP contribution in [0.25, 0.3) is 0 Å². The Balaban J connectivity index is 1.44. The molecule has 1 saturated heterocycles. The molecule has 0 bridgehead atoms. The van der Waals surface area contributed by atoms with Crippen LogP contribution in [-0.2, 0) is 13.0 Å². The maximum atomic E-state index is 4.17. The van der Waals surface area contributed by atoms with E-state index in [0.717, 1.165) is 39.0 Å². The van der Waals surface area contributed by atoms with Crippen LogP contribution in [0.3, 0.4) is 0 Å². The molecule has 0 spiro atoms. The lowest BCUT2D eigenvalue weighted by molar-refractivity contribution is 0.210. The number of aromatic nitrogens is 2. The van der Waals surface area contributed by atoms with Gasteiger partial charge in [-0.3, -0.25) is 4.90 Å². The Labute approximate surface area is 153 Å². The smallest absolute Gasteiger partial charge is 0.0922 e. The normalized spacial score (nSPS) is 21.6. The summed E-state index contributed by atoms with van der Waals surface area (Å²) in [4.78, 5) is 11.5. The summed E-state index contributed by atoms with van der Waals surface area (Å²) in [7, 11) is 0. The maximum Gasteiger partial charge on any atom is 0.0922 e. The molecular formula is C20H24N4S. The van der Waals surface area contributed by atoms with Crippen LogP contribution in [-0.4, -0.2) is 44.8 Å². The molecule has 5 heteroatoms. The van der Waals surface area contributed by atoms with Gasteiger partial charge in [0.05, 0.1) is 6.33 Å². The van der Waals surface area contributed by atoms with Gasteiger partial charge < -0.3 is 4.98 Å². The topological polar surface area (TPSA) is 35.2 Å². The quantitative estimate of drug-likeness (QED) is 0.834. The maximum absolute atomic E-state index is 4.17. The van der Waals surface area contributed by atoms with Gasteiger partial charge in [-0.1, -0.05) is 48.6 Å². The third kappa shape index (κ3) is 4.24. The first-order chi connectivity index (χ1) is 12.4. The lowest BCUT2D eigenvalue weighted by Crippen LogP contribution is -2.37. The lowest BCUT2D eigenvalue weighted by Gasteiger charge is -2.30. The van der Waals surface area contributed by atoms with Gasteiger partial charge >= 0.3 is 0 Å². The van der Waals surface area contributed by atoms with Crippen molar-refractivity contribution >= 4 is 11.9 Å². The van der Waals surface area contributed by atoms with Crippen LogP contribution in [0.4, 0.5) is 0 Å². The SMILES string of the molecule is C1=CCC2C(=C1)SN(CCc1ccccc1)CCN2Cc1cnc[nH]1. The molecule has 1 aromatic carbocycles. The van der Waals surface area contributed by atoms with E-state index < -0.39 is 0 Å². The number of hydrogen-bond acceptors (Lipinski definition) is 4. The summed E-state index contributed by atoms with van der Waals surface area (Å²) in [5, 5.41) is 0. The Hall–Kier alpha value is -1.82. The number of H-pyrrole nitrogens is 1. The van der Waals surface area contributed by atoms with Gasteiger partial charge in [0, 0.05) is 49.0 Å². The van der Waals surface area contributed by atoms with Crippen LogP contribution < -0.4 is 0 Å². The molecule has 2 aliphatic rings. The lowest BCUT2D eigenvalue weighted by atomic mass is 10.1. The highest BCUT2D eigenvalue weighted by atomic mass is 32.2. The van der Waals surface area contributed by atoms with Crippen LogP contribution in [0.2, 0.25) is 0 Å². The van der Waals surface area contributed by atoms with Gasteiger partial charge in [0.25, 0.3) is 0 Å². The summed E-state index contributed by atoms with van der Waals surface area (Å²) in [6.07, 6.45) is 12.7. The molecule has 0 radical (unpaired) electrons. The molecule has 1 aliphatic carbocycles. The molecule has 25 heavy (non-hydrogen) atoms. The Morgan fingerprint density at radius 2 is 2.12 bits per heavy atom. The standard InChI is InChI=1S/C20H24N4S/c1-2-6-17(7-3-1)10-11-24-13-12-23(15-18-14-21-16-22-18)19-8-4-5-9-20(19)25-24/h1-7,9,14,16,19H,8,10-13,15H2,(H,21,22). The van der Waals surface area contributed by atoms with Crippen molar-refractivity contribution in [2.24, 2.45) is 0 Å². The average Bonchev–Trinajstić information content (AvgIpc) is 3.10. The molecule has 4 nitrogen and oxygen atoms in total. The molecule has 1 unspecified atom stereocenters. The molecule has 1 aliphatic heterocycles. The van der Waals surface area contributed by atoms with Crippen LogP contribution >= 0.6 is 11.9 Å². The highest BCUT2D eigenvalue weighted by Crippen LogP contribution is 2.34. The van der Waals surface area contributed by atoms with Crippen molar-refractivity contribution in [3.8, 4) is 0 Å². The second kappa shape index (κ2) is 8.04. The first kappa shape index (κ1) is 16.6. The van der Waals surface area contributed by atoms with Gasteiger partial charge in [-0.2, -0.15) is 0 Å². The predicted octanol–water partition coefficient (Wildman–Crippen LogP) is 3.63. The third-order valence-corrected chi connectivity index (χ3v) is 6.06. The Morgan fingerprint density at radius 3 is 2.96 bits per heavy atom. The highest BCUT2D eigenvalue weighted by Gasteiger charge is 2.29. The highest BCUT2D eigenvalue weighted by molar-refractivity contribution is 8.00. The van der Waals surface area contributed by atoms with Crippen molar-refractivity contribution in [3.05, 3.63) is 77.2 Å². The van der Waals surface area contributed by atoms with E-state index in [4.69, 9.17) is 0 Å². The van der Waals surface area contributed by atoms with Crippen molar-refractivity contribution < 1.29 is 0 Å². The molecule has 2 heterocycles. The fraction of sp³-hybridized carbons (Fsp3) is 0.350. The van der Waals surface area contributed by atoms with Gasteiger partial charge in [-0.25, -0.2) is 9.29 Å². The summed E-state index contributed by atoms with van der Waals surface area (Å²) < 4.78 is 2.53. The largest absolute Gasteiger partial charge is 0.347 e. The fourth-order valence-electron chi connectivity index (χ4n) is 3.44. The molecule has 2 aromatic rings. The number of imidazole rings is 1. The summed E-state index contributed by atoms with van der Waals surface area (Å²) >= 11 is 1.95. The molecule has 0 saturated carbocycles. The number of nitrogens with one attached hydrogen (secondary N) is 1. The zero-order chi connectivity index (χ0) is 16.9. The summed E-state index contributed by atoms with van der Waals surface area (Å²) in [6, 6.07) is 11.3. The first-order valence-electron chi connectivity index (χ1n) is 8.93. The number of fused-ring (bicyclic) bond motifs is 1. The van der Waals surface area contributed by atoms with Crippen LogP contribution in [0.1, 0.15) is 17.7 Å². The van der Waals surface area contributed by atoms with Crippen molar-refractivity contribution in [1.82, 2.24) is 19.2 Å². The van der Waals surface area contributed by atoms with E-state index in [2.05, 4.69) is 67.7 Å². The van der Waals surface area contributed by atoms with Crippen molar-refractivity contribution in [2.75, 3.05) is 19.6 Å². The molecule has 4 rings (SSSR count). The van der Waals surface area contributed by atoms with E-state index in [1.165, 1.54) is 16.2 Å². The molecular weight excluding hydrogens is 328 g/mol. The number of nitrogens with zero attached hydrogens (tertiary/aromatic N) is 3. The van der Waals surface area contributed by atoms with E-state index in [1.54, 1.807) is 6.33 Å². The molecule has 1 fully saturated rings. The summed E-state index contributed by atoms with van der Waals surface area (Å²) in [6.45, 7) is 4.18. The van der Waals surface area contributed by atoms with E-state index in [0.29, 0.717) is 6.04 Å². The van der Waals surface area contributed by atoms with Gasteiger partial charge in [0.1, 0.15) is 0 Å². The zero-order valence-electron chi connectivity index (χ0n) is 14.3. The van der Waals surface area contributed by atoms with Gasteiger partial charge in [0.15, 0.2) is 0 Å². The van der Waals surface area contributed by atoms with Gasteiger partial charge in [-0.05, 0) is 30.4 Å². The molecule has 0 amide bonds. The Bertz CT molecular complexity index is 723. The number of aromatic amines is 1. The van der Waals surface area contributed by atoms with E-state index in [-0.39, 0.29) is 0 Å². The summed E-state index contributed by atoms with van der Waals surface area (Å²) in [5.41, 5.74) is 2.60. The first-order valence-corrected chi connectivity index (χ1v) is 9.71. The van der Waals surface area contributed by atoms with E-state index in [1.807, 2.05) is 18.1 Å². The van der Waals surface area contributed by atoms with Crippen molar-refractivity contribution in [3.63, 3.8) is 0 Å². The predicted molar refractivity (Wildman–Crippen MR) is 104 cm³/mol. The van der Waals surface area contributed by atoms with Crippen molar-refractivity contribution in [1.29, 1.82) is 0 Å². The second-order valence-electron chi connectivity index (χ2n) is 6.55. The molecule has 1 atom stereocenters. The Kier molecular flexibility index (Phi) is 5.35. The van der Waals surface area contributed by atoms with Crippen molar-refractivity contribution in [2.45, 2.75) is 25.4 Å². The number of allylic oxidation sites excluding steroid dienone is 2. The molecule has 130 valence electrons.